The zero-order valence-electron chi connectivity index (χ0n) is 16.1. The average Bonchev–Trinajstić information content (AvgIpc) is 2.60. The van der Waals surface area contributed by atoms with Gasteiger partial charge in [-0.25, -0.2) is 0 Å². The number of hydrogen-bond acceptors (Lipinski definition) is 3. The molecule has 0 unspecified atom stereocenters. The summed E-state index contributed by atoms with van der Waals surface area (Å²) in [6.45, 7) is 14.2. The average molecular weight is 459 g/mol. The standard InChI is InChI=1S/C19H33N5.HI/c1-5-23-10-12-24(13-11-23)15-18-9-7-6-8-17(18)14-21-19(20-4)22-16(2)3;/h6-9,16H,5,10-15H2,1-4H3,(H2,20,21,22);1H. The maximum atomic E-state index is 4.28. The molecule has 1 fully saturated rings. The number of nitrogens with zero attached hydrogens (tertiary/aromatic N) is 3. The van der Waals surface area contributed by atoms with Crippen LogP contribution in [0.3, 0.4) is 0 Å². The number of nitrogens with one attached hydrogen (secondary N) is 2. The van der Waals surface area contributed by atoms with Gasteiger partial charge in [0.2, 0.25) is 0 Å². The first kappa shape index (κ1) is 22.2. The van der Waals surface area contributed by atoms with Crippen LogP contribution in [0.15, 0.2) is 29.3 Å². The number of piperazine rings is 1. The number of hydrogen-bond donors (Lipinski definition) is 2. The molecule has 1 aromatic carbocycles. The van der Waals surface area contributed by atoms with Crippen LogP contribution in [0, 0.1) is 0 Å². The van der Waals surface area contributed by atoms with E-state index in [1.165, 1.54) is 24.2 Å². The third-order valence-corrected chi connectivity index (χ3v) is 4.52. The van der Waals surface area contributed by atoms with Gasteiger partial charge < -0.3 is 15.5 Å². The third kappa shape index (κ3) is 7.50. The molecule has 1 saturated heterocycles. The minimum absolute atomic E-state index is 0. The van der Waals surface area contributed by atoms with Crippen molar-refractivity contribution >= 4 is 29.9 Å². The van der Waals surface area contributed by atoms with E-state index < -0.39 is 0 Å². The molecule has 1 aliphatic heterocycles. The van der Waals surface area contributed by atoms with E-state index in [0.29, 0.717) is 6.04 Å². The van der Waals surface area contributed by atoms with Crippen molar-refractivity contribution in [2.24, 2.45) is 4.99 Å². The van der Waals surface area contributed by atoms with Gasteiger partial charge in [-0.2, -0.15) is 0 Å². The molecule has 0 amide bonds. The summed E-state index contributed by atoms with van der Waals surface area (Å²) >= 11 is 0. The van der Waals surface area contributed by atoms with Crippen LogP contribution in [0.4, 0.5) is 0 Å². The third-order valence-electron chi connectivity index (χ3n) is 4.52. The summed E-state index contributed by atoms with van der Waals surface area (Å²) in [6.07, 6.45) is 0. The van der Waals surface area contributed by atoms with Gasteiger partial charge in [-0.05, 0) is 31.5 Å². The molecule has 1 heterocycles. The smallest absolute Gasteiger partial charge is 0.191 e. The Morgan fingerprint density at radius 2 is 1.68 bits per heavy atom. The van der Waals surface area contributed by atoms with Crippen molar-refractivity contribution < 1.29 is 0 Å². The quantitative estimate of drug-likeness (QED) is 0.390. The van der Waals surface area contributed by atoms with E-state index in [4.69, 9.17) is 0 Å². The Morgan fingerprint density at radius 1 is 1.08 bits per heavy atom. The molecule has 0 aromatic heterocycles. The first-order valence-electron chi connectivity index (χ1n) is 9.11. The summed E-state index contributed by atoms with van der Waals surface area (Å²) < 4.78 is 0. The highest BCUT2D eigenvalue weighted by Gasteiger charge is 2.16. The van der Waals surface area contributed by atoms with E-state index in [1.807, 2.05) is 7.05 Å². The lowest BCUT2D eigenvalue weighted by atomic mass is 10.1. The molecule has 25 heavy (non-hydrogen) atoms. The minimum Gasteiger partial charge on any atom is -0.354 e. The Bertz CT molecular complexity index is 524. The molecule has 0 bridgehead atoms. The molecule has 0 aliphatic carbocycles. The highest BCUT2D eigenvalue weighted by molar-refractivity contribution is 14.0. The van der Waals surface area contributed by atoms with Crippen LogP contribution in [0.1, 0.15) is 31.9 Å². The zero-order valence-corrected chi connectivity index (χ0v) is 18.4. The van der Waals surface area contributed by atoms with Crippen molar-refractivity contribution in [2.75, 3.05) is 39.8 Å². The second-order valence-electron chi connectivity index (χ2n) is 6.70. The van der Waals surface area contributed by atoms with Gasteiger partial charge in [-0.1, -0.05) is 31.2 Å². The lowest BCUT2D eigenvalue weighted by Crippen LogP contribution is -2.45. The summed E-state index contributed by atoms with van der Waals surface area (Å²) in [5.74, 6) is 0.858. The van der Waals surface area contributed by atoms with Crippen LogP contribution >= 0.6 is 24.0 Å². The first-order chi connectivity index (χ1) is 11.6. The van der Waals surface area contributed by atoms with Gasteiger partial charge in [0.25, 0.3) is 0 Å². The Kier molecular flexibility index (Phi) is 10.4. The molecule has 1 aromatic rings. The maximum absolute atomic E-state index is 4.28. The summed E-state index contributed by atoms with van der Waals surface area (Å²) in [7, 11) is 1.82. The fraction of sp³-hybridized carbons (Fsp3) is 0.632. The molecule has 5 nitrogen and oxygen atoms in total. The molecule has 0 atom stereocenters. The van der Waals surface area contributed by atoms with Gasteiger partial charge in [-0.15, -0.1) is 24.0 Å². The molecule has 0 spiro atoms. The Hall–Kier alpha value is -0.860. The second-order valence-corrected chi connectivity index (χ2v) is 6.70. The van der Waals surface area contributed by atoms with E-state index in [-0.39, 0.29) is 24.0 Å². The fourth-order valence-electron chi connectivity index (χ4n) is 3.04. The van der Waals surface area contributed by atoms with Crippen molar-refractivity contribution in [3.63, 3.8) is 0 Å². The number of rotatable bonds is 6. The molecule has 0 saturated carbocycles. The fourth-order valence-corrected chi connectivity index (χ4v) is 3.04. The van der Waals surface area contributed by atoms with E-state index in [0.717, 1.165) is 38.7 Å². The van der Waals surface area contributed by atoms with Gasteiger partial charge in [0.1, 0.15) is 0 Å². The molecular weight excluding hydrogens is 425 g/mol. The summed E-state index contributed by atoms with van der Waals surface area (Å²) in [4.78, 5) is 9.37. The van der Waals surface area contributed by atoms with Gasteiger partial charge in [0.05, 0.1) is 0 Å². The van der Waals surface area contributed by atoms with Crippen molar-refractivity contribution in [1.82, 2.24) is 20.4 Å². The lowest BCUT2D eigenvalue weighted by molar-refractivity contribution is 0.131. The number of guanidine groups is 1. The molecule has 142 valence electrons. The number of halogens is 1. The summed E-state index contributed by atoms with van der Waals surface area (Å²) in [5.41, 5.74) is 2.76. The second kappa shape index (κ2) is 11.7. The molecule has 0 radical (unpaired) electrons. The summed E-state index contributed by atoms with van der Waals surface area (Å²) in [5, 5.41) is 6.76. The number of aliphatic imine (C=N–C) groups is 1. The van der Waals surface area contributed by atoms with Crippen LogP contribution in [-0.4, -0.2) is 61.6 Å². The Labute approximate surface area is 170 Å². The molecule has 2 N–H and O–H groups in total. The molecule has 6 heteroatoms. The van der Waals surface area contributed by atoms with Crippen molar-refractivity contribution in [3.8, 4) is 0 Å². The molecule has 1 aliphatic rings. The van der Waals surface area contributed by atoms with E-state index >= 15 is 0 Å². The Balaban J connectivity index is 0.00000312. The van der Waals surface area contributed by atoms with Crippen LogP contribution in [0.2, 0.25) is 0 Å². The summed E-state index contributed by atoms with van der Waals surface area (Å²) in [6, 6.07) is 9.10. The predicted octanol–water partition coefficient (Wildman–Crippen LogP) is 2.52. The normalized spacial score (nSPS) is 16.6. The maximum Gasteiger partial charge on any atom is 0.191 e. The van der Waals surface area contributed by atoms with Crippen molar-refractivity contribution in [1.29, 1.82) is 0 Å². The van der Waals surface area contributed by atoms with E-state index in [2.05, 4.69) is 70.5 Å². The van der Waals surface area contributed by atoms with Crippen LogP contribution in [0.5, 0.6) is 0 Å². The van der Waals surface area contributed by atoms with Crippen LogP contribution < -0.4 is 10.6 Å². The highest BCUT2D eigenvalue weighted by atomic mass is 127. The van der Waals surface area contributed by atoms with Crippen molar-refractivity contribution in [3.05, 3.63) is 35.4 Å². The van der Waals surface area contributed by atoms with E-state index in [9.17, 15) is 0 Å². The lowest BCUT2D eigenvalue weighted by Gasteiger charge is -2.34. The van der Waals surface area contributed by atoms with Gasteiger partial charge in [-0.3, -0.25) is 9.89 Å². The van der Waals surface area contributed by atoms with Crippen molar-refractivity contribution in [2.45, 2.75) is 39.9 Å². The topological polar surface area (TPSA) is 42.9 Å². The predicted molar refractivity (Wildman–Crippen MR) is 118 cm³/mol. The SMILES string of the molecule is CCN1CCN(Cc2ccccc2CNC(=NC)NC(C)C)CC1.I. The Morgan fingerprint density at radius 3 is 2.24 bits per heavy atom. The van der Waals surface area contributed by atoms with Crippen LogP contribution in [-0.2, 0) is 13.1 Å². The van der Waals surface area contributed by atoms with E-state index in [1.54, 1.807) is 0 Å². The van der Waals surface area contributed by atoms with Gasteiger partial charge in [0.15, 0.2) is 5.96 Å². The zero-order chi connectivity index (χ0) is 17.4. The molecule has 2 rings (SSSR count). The minimum atomic E-state index is 0. The first-order valence-corrected chi connectivity index (χ1v) is 9.11. The van der Waals surface area contributed by atoms with Gasteiger partial charge >= 0.3 is 0 Å². The largest absolute Gasteiger partial charge is 0.354 e. The van der Waals surface area contributed by atoms with Crippen LogP contribution in [0.25, 0.3) is 0 Å². The highest BCUT2D eigenvalue weighted by Crippen LogP contribution is 2.13. The van der Waals surface area contributed by atoms with Gasteiger partial charge in [0, 0.05) is 52.4 Å². The molecular formula is C19H34IN5. The monoisotopic (exact) mass is 459 g/mol. The number of likely N-dealkylation sites (N-methyl/N-ethyl adjacent to an activating group) is 1. The number of benzene rings is 1.